The van der Waals surface area contributed by atoms with E-state index in [9.17, 15) is 0 Å². The summed E-state index contributed by atoms with van der Waals surface area (Å²) < 4.78 is 0.819. The first-order valence-corrected chi connectivity index (χ1v) is 5.44. The van der Waals surface area contributed by atoms with E-state index < -0.39 is 0 Å². The second-order valence-corrected chi connectivity index (χ2v) is 3.96. The molecule has 0 atom stereocenters. The molecule has 2 rings (SSSR count). The number of rotatable bonds is 0. The van der Waals surface area contributed by atoms with E-state index in [0.29, 0.717) is 10.8 Å². The largest absolute Gasteiger partial charge is 0.397 e. The van der Waals surface area contributed by atoms with Crippen molar-refractivity contribution in [3.8, 4) is 0 Å². The van der Waals surface area contributed by atoms with Crippen molar-refractivity contribution in [2.45, 2.75) is 6.92 Å². The molecule has 0 fully saturated rings. The molecule has 2 aromatic heterocycles. The Bertz CT molecular complexity index is 427. The van der Waals surface area contributed by atoms with Gasteiger partial charge in [0.2, 0.25) is 0 Å². The van der Waals surface area contributed by atoms with Gasteiger partial charge in [0.25, 0.3) is 0 Å². The predicted octanol–water partition coefficient (Wildman–Crippen LogP) is 2.26. The number of nitrogens with two attached hydrogens (primary N) is 1. The quantitative estimate of drug-likeness (QED) is 0.807. The summed E-state index contributed by atoms with van der Waals surface area (Å²) >= 11 is 8.61. The summed E-state index contributed by atoms with van der Waals surface area (Å²) in [6, 6.07) is 3.44. The Hall–Kier alpha value is -1.27. The van der Waals surface area contributed by atoms with Gasteiger partial charge in [0.1, 0.15) is 4.60 Å². The fraction of sp³-hybridized carbons (Fsp3) is 0.111. The Kier molecular flexibility index (Phi) is 5.07. The van der Waals surface area contributed by atoms with Crippen LogP contribution in [0, 0.1) is 6.92 Å². The molecule has 0 aromatic carbocycles. The van der Waals surface area contributed by atoms with E-state index in [2.05, 4.69) is 36.3 Å². The lowest BCUT2D eigenvalue weighted by atomic mass is 10.4. The molecule has 0 aliphatic carbocycles. The second kappa shape index (κ2) is 6.34. The van der Waals surface area contributed by atoms with Crippen molar-refractivity contribution in [2.24, 2.45) is 0 Å². The van der Waals surface area contributed by atoms with Gasteiger partial charge in [0, 0.05) is 12.3 Å². The van der Waals surface area contributed by atoms with Crippen molar-refractivity contribution in [1.82, 2.24) is 20.4 Å². The maximum absolute atomic E-state index is 5.39. The Balaban J connectivity index is 0.000000160. The molecule has 0 radical (unpaired) electrons. The Morgan fingerprint density at radius 1 is 1.31 bits per heavy atom. The number of anilines is 1. The van der Waals surface area contributed by atoms with E-state index >= 15 is 0 Å². The molecule has 0 saturated heterocycles. The van der Waals surface area contributed by atoms with Crippen LogP contribution in [0.3, 0.4) is 0 Å². The summed E-state index contributed by atoms with van der Waals surface area (Å²) in [7, 11) is 0. The molecule has 0 unspecified atom stereocenters. The van der Waals surface area contributed by atoms with E-state index in [1.807, 2.05) is 13.0 Å². The monoisotopic (exact) mass is 301 g/mol. The molecule has 0 aliphatic heterocycles. The van der Waals surface area contributed by atoms with Crippen LogP contribution >= 0.6 is 27.5 Å². The van der Waals surface area contributed by atoms with Crippen LogP contribution in [0.25, 0.3) is 0 Å². The smallest absolute Gasteiger partial charge is 0.153 e. The molecule has 16 heavy (non-hydrogen) atoms. The Labute approximate surface area is 106 Å². The van der Waals surface area contributed by atoms with Crippen molar-refractivity contribution in [2.75, 3.05) is 5.73 Å². The molecule has 0 saturated carbocycles. The maximum atomic E-state index is 5.39. The number of nitrogen functional groups attached to an aromatic ring is 1. The molecule has 0 spiro atoms. The molecular formula is C9H9BrClN5. The summed E-state index contributed by atoms with van der Waals surface area (Å²) in [5.41, 5.74) is 6.92. The van der Waals surface area contributed by atoms with Crippen molar-refractivity contribution in [3.05, 3.63) is 39.8 Å². The number of nitrogens with zero attached hydrogens (tertiary/aromatic N) is 4. The minimum Gasteiger partial charge on any atom is -0.397 e. The van der Waals surface area contributed by atoms with Crippen LogP contribution in [0.2, 0.25) is 5.15 Å². The first-order chi connectivity index (χ1) is 7.59. The van der Waals surface area contributed by atoms with Gasteiger partial charge in [-0.05, 0) is 34.5 Å². The molecule has 2 heterocycles. The van der Waals surface area contributed by atoms with Crippen LogP contribution < -0.4 is 5.73 Å². The van der Waals surface area contributed by atoms with Gasteiger partial charge < -0.3 is 5.73 Å². The third-order valence-electron chi connectivity index (χ3n) is 1.51. The van der Waals surface area contributed by atoms with E-state index in [4.69, 9.17) is 17.3 Å². The average Bonchev–Trinajstić information content (AvgIpc) is 2.23. The molecule has 84 valence electrons. The highest BCUT2D eigenvalue weighted by Crippen LogP contribution is 2.07. The standard InChI is InChI=1S/C5H5BrN2.C4H4ClN3/c1-4-2-3-7-8-5(4)6;5-4-1-3(6)2-7-8-4/h2-3H,1H3;1-2H,(H2,6,8). The highest BCUT2D eigenvalue weighted by molar-refractivity contribution is 9.10. The van der Waals surface area contributed by atoms with Gasteiger partial charge in [-0.15, -0.1) is 10.2 Å². The lowest BCUT2D eigenvalue weighted by Gasteiger charge is -1.89. The van der Waals surface area contributed by atoms with Gasteiger partial charge in [0.15, 0.2) is 5.15 Å². The van der Waals surface area contributed by atoms with Gasteiger partial charge in [0.05, 0.1) is 11.9 Å². The van der Waals surface area contributed by atoms with E-state index in [-0.39, 0.29) is 0 Å². The van der Waals surface area contributed by atoms with Crippen LogP contribution in [0.4, 0.5) is 5.69 Å². The topological polar surface area (TPSA) is 77.6 Å². The zero-order valence-electron chi connectivity index (χ0n) is 8.43. The molecule has 0 bridgehead atoms. The lowest BCUT2D eigenvalue weighted by Crippen LogP contribution is -1.87. The van der Waals surface area contributed by atoms with Crippen LogP contribution in [0.5, 0.6) is 0 Å². The van der Waals surface area contributed by atoms with Crippen molar-refractivity contribution in [1.29, 1.82) is 0 Å². The van der Waals surface area contributed by atoms with Crippen molar-refractivity contribution < 1.29 is 0 Å². The highest BCUT2D eigenvalue weighted by Gasteiger charge is 1.89. The maximum Gasteiger partial charge on any atom is 0.153 e. The molecule has 0 aliphatic rings. The van der Waals surface area contributed by atoms with Crippen LogP contribution in [-0.2, 0) is 0 Å². The zero-order valence-corrected chi connectivity index (χ0v) is 10.8. The fourth-order valence-electron chi connectivity index (χ4n) is 0.731. The fourth-order valence-corrected chi connectivity index (χ4v) is 1.12. The number of aromatic nitrogens is 4. The number of aryl methyl sites for hydroxylation is 1. The lowest BCUT2D eigenvalue weighted by molar-refractivity contribution is 0.986. The SMILES string of the molecule is Cc1ccnnc1Br.Nc1cnnc(Cl)c1. The minimum absolute atomic E-state index is 0.324. The van der Waals surface area contributed by atoms with Crippen LogP contribution in [0.15, 0.2) is 29.1 Å². The van der Waals surface area contributed by atoms with Crippen molar-refractivity contribution in [3.63, 3.8) is 0 Å². The van der Waals surface area contributed by atoms with Gasteiger partial charge in [-0.2, -0.15) is 10.2 Å². The Morgan fingerprint density at radius 2 is 2.06 bits per heavy atom. The molecule has 0 amide bonds. The first kappa shape index (κ1) is 12.8. The molecular weight excluding hydrogens is 293 g/mol. The second-order valence-electron chi connectivity index (χ2n) is 2.82. The predicted molar refractivity (Wildman–Crippen MR) is 65.9 cm³/mol. The molecule has 2 aromatic rings. The molecule has 2 N–H and O–H groups in total. The summed E-state index contributed by atoms with van der Waals surface area (Å²) in [5, 5.41) is 14.7. The zero-order chi connectivity index (χ0) is 12.0. The normalized spacial score (nSPS) is 9.19. The number of hydrogen-bond donors (Lipinski definition) is 1. The molecule has 5 nitrogen and oxygen atoms in total. The Morgan fingerprint density at radius 3 is 2.44 bits per heavy atom. The molecule has 7 heteroatoms. The van der Waals surface area contributed by atoms with Gasteiger partial charge >= 0.3 is 0 Å². The van der Waals surface area contributed by atoms with Crippen LogP contribution in [0.1, 0.15) is 5.56 Å². The van der Waals surface area contributed by atoms with Gasteiger partial charge in [-0.25, -0.2) is 0 Å². The highest BCUT2D eigenvalue weighted by atomic mass is 79.9. The third kappa shape index (κ3) is 4.50. The number of hydrogen-bond acceptors (Lipinski definition) is 5. The summed E-state index contributed by atoms with van der Waals surface area (Å²) in [5.74, 6) is 0. The van der Waals surface area contributed by atoms with Crippen LogP contribution in [-0.4, -0.2) is 20.4 Å². The summed E-state index contributed by atoms with van der Waals surface area (Å²) in [6.07, 6.45) is 3.10. The number of halogens is 2. The van der Waals surface area contributed by atoms with Crippen molar-refractivity contribution >= 4 is 33.2 Å². The van der Waals surface area contributed by atoms with Gasteiger partial charge in [-0.1, -0.05) is 11.6 Å². The summed E-state index contributed by atoms with van der Waals surface area (Å²) in [6.45, 7) is 1.97. The third-order valence-corrected chi connectivity index (χ3v) is 2.48. The first-order valence-electron chi connectivity index (χ1n) is 4.27. The van der Waals surface area contributed by atoms with Gasteiger partial charge in [-0.3, -0.25) is 0 Å². The van der Waals surface area contributed by atoms with E-state index in [0.717, 1.165) is 10.2 Å². The average molecular weight is 303 g/mol. The van der Waals surface area contributed by atoms with E-state index in [1.165, 1.54) is 12.3 Å². The van der Waals surface area contributed by atoms with E-state index in [1.54, 1.807) is 6.20 Å². The minimum atomic E-state index is 0.324. The summed E-state index contributed by atoms with van der Waals surface area (Å²) in [4.78, 5) is 0.